The quantitative estimate of drug-likeness (QED) is 0.399. The van der Waals surface area contributed by atoms with Crippen molar-refractivity contribution in [2.24, 2.45) is 0 Å². The molecule has 1 fully saturated rings. The highest BCUT2D eigenvalue weighted by atomic mass is 19.1. The number of ether oxygens (including phenoxy) is 2. The summed E-state index contributed by atoms with van der Waals surface area (Å²) in [7, 11) is 0. The van der Waals surface area contributed by atoms with Crippen LogP contribution in [0.1, 0.15) is 44.9 Å². The summed E-state index contributed by atoms with van der Waals surface area (Å²) in [6.07, 6.45) is 6.10. The van der Waals surface area contributed by atoms with Crippen LogP contribution in [0, 0.1) is 17.7 Å². The van der Waals surface area contributed by atoms with Gasteiger partial charge in [0.15, 0.2) is 11.6 Å². The third-order valence-corrected chi connectivity index (χ3v) is 5.57. The molecule has 5 rings (SSSR count). The number of halogens is 1. The van der Waals surface area contributed by atoms with Gasteiger partial charge < -0.3 is 14.8 Å². The van der Waals surface area contributed by atoms with E-state index in [1.54, 1.807) is 51.4 Å². The molecule has 1 unspecified atom stereocenters. The Hall–Kier alpha value is -4.43. The fraction of sp³-hybridized carbons (Fsp3) is 0.333. The Morgan fingerprint density at radius 3 is 2.84 bits per heavy atom. The van der Waals surface area contributed by atoms with E-state index in [-0.39, 0.29) is 11.6 Å². The van der Waals surface area contributed by atoms with Crippen LogP contribution in [0.2, 0.25) is 0 Å². The Morgan fingerprint density at radius 2 is 2.05 bits per heavy atom. The van der Waals surface area contributed by atoms with Gasteiger partial charge >= 0.3 is 6.09 Å². The van der Waals surface area contributed by atoms with Gasteiger partial charge in [-0.25, -0.2) is 29.1 Å². The molecule has 0 aliphatic carbocycles. The number of nitrogens with one attached hydrogen (secondary N) is 1. The van der Waals surface area contributed by atoms with Crippen LogP contribution in [0.4, 0.5) is 15.1 Å². The molecular formula is C27H26FN7O3. The minimum Gasteiger partial charge on any atom is -0.442 e. The molecule has 11 heteroatoms. The van der Waals surface area contributed by atoms with Gasteiger partial charge in [-0.1, -0.05) is 5.92 Å². The molecule has 3 aromatic heterocycles. The average Bonchev–Trinajstić information content (AvgIpc) is 3.56. The number of carbonyl (C=O) groups excluding carboxylic acids is 1. The molecule has 1 aliphatic rings. The van der Waals surface area contributed by atoms with Gasteiger partial charge in [-0.2, -0.15) is 9.78 Å². The van der Waals surface area contributed by atoms with Crippen molar-refractivity contribution in [3.8, 4) is 23.4 Å². The summed E-state index contributed by atoms with van der Waals surface area (Å²) in [5, 5.41) is 7.62. The highest BCUT2D eigenvalue weighted by Crippen LogP contribution is 2.21. The van der Waals surface area contributed by atoms with Crippen LogP contribution in [-0.4, -0.2) is 60.7 Å². The molecule has 0 radical (unpaired) electrons. The fourth-order valence-corrected chi connectivity index (χ4v) is 3.90. The number of aromatic nitrogens is 6. The summed E-state index contributed by atoms with van der Waals surface area (Å²) in [6.45, 7) is 6.60. The van der Waals surface area contributed by atoms with E-state index in [4.69, 9.17) is 9.47 Å². The Labute approximate surface area is 218 Å². The predicted molar refractivity (Wildman–Crippen MR) is 138 cm³/mol. The molecular weight excluding hydrogens is 489 g/mol. The van der Waals surface area contributed by atoms with Gasteiger partial charge in [0, 0.05) is 36.5 Å². The number of carbonyl (C=O) groups is 1. The molecule has 0 bridgehead atoms. The lowest BCUT2D eigenvalue weighted by Gasteiger charge is -2.19. The van der Waals surface area contributed by atoms with E-state index in [9.17, 15) is 9.18 Å². The predicted octanol–water partition coefficient (Wildman–Crippen LogP) is 4.20. The third-order valence-electron chi connectivity index (χ3n) is 5.57. The molecule has 1 aliphatic heterocycles. The lowest BCUT2D eigenvalue weighted by atomic mass is 10.1. The smallest absolute Gasteiger partial charge is 0.435 e. The maximum atomic E-state index is 15.0. The first kappa shape index (κ1) is 25.2. The number of anilines is 1. The van der Waals surface area contributed by atoms with Crippen LogP contribution in [0.3, 0.4) is 0 Å². The maximum absolute atomic E-state index is 15.0. The van der Waals surface area contributed by atoms with Crippen molar-refractivity contribution >= 4 is 22.9 Å². The first-order chi connectivity index (χ1) is 18.2. The molecule has 38 heavy (non-hydrogen) atoms. The summed E-state index contributed by atoms with van der Waals surface area (Å²) in [5.41, 5.74) is 0.679. The van der Waals surface area contributed by atoms with E-state index in [0.717, 1.165) is 24.1 Å². The molecule has 10 nitrogen and oxygen atoms in total. The number of nitrogens with zero attached hydrogens (tertiary/aromatic N) is 6. The van der Waals surface area contributed by atoms with Gasteiger partial charge in [-0.05, 0) is 63.8 Å². The minimum absolute atomic E-state index is 0.0294. The lowest BCUT2D eigenvalue weighted by Crippen LogP contribution is -2.27. The zero-order valence-corrected chi connectivity index (χ0v) is 21.2. The van der Waals surface area contributed by atoms with E-state index in [2.05, 4.69) is 42.2 Å². The monoisotopic (exact) mass is 515 g/mol. The molecule has 1 atom stereocenters. The van der Waals surface area contributed by atoms with Gasteiger partial charge in [0.25, 0.3) is 0 Å². The summed E-state index contributed by atoms with van der Waals surface area (Å²) in [6, 6.07) is 6.27. The minimum atomic E-state index is -0.756. The van der Waals surface area contributed by atoms with Crippen molar-refractivity contribution in [3.05, 3.63) is 59.9 Å². The van der Waals surface area contributed by atoms with Crippen molar-refractivity contribution in [1.82, 2.24) is 29.7 Å². The summed E-state index contributed by atoms with van der Waals surface area (Å²) >= 11 is 0. The molecule has 0 amide bonds. The second-order valence-corrected chi connectivity index (χ2v) is 9.73. The molecule has 1 N–H and O–H groups in total. The number of benzene rings is 1. The second kappa shape index (κ2) is 10.5. The van der Waals surface area contributed by atoms with Crippen LogP contribution in [-0.2, 0) is 9.47 Å². The highest BCUT2D eigenvalue weighted by Gasteiger charge is 2.22. The number of fused-ring (bicyclic) bond motifs is 1. The van der Waals surface area contributed by atoms with Gasteiger partial charge in [-0.3, -0.25) is 0 Å². The molecule has 1 aromatic carbocycles. The first-order valence-electron chi connectivity index (χ1n) is 12.2. The molecule has 194 valence electrons. The topological polar surface area (TPSA) is 117 Å². The van der Waals surface area contributed by atoms with Crippen LogP contribution < -0.4 is 5.32 Å². The number of rotatable bonds is 4. The van der Waals surface area contributed by atoms with Crippen molar-refractivity contribution in [2.45, 2.75) is 45.3 Å². The van der Waals surface area contributed by atoms with E-state index < -0.39 is 17.5 Å². The van der Waals surface area contributed by atoms with Crippen molar-refractivity contribution in [1.29, 1.82) is 0 Å². The van der Waals surface area contributed by atoms with Gasteiger partial charge in [0.2, 0.25) is 5.95 Å². The van der Waals surface area contributed by atoms with Gasteiger partial charge in [0.05, 0.1) is 12.3 Å². The molecule has 1 saturated heterocycles. The molecule has 0 saturated carbocycles. The summed E-state index contributed by atoms with van der Waals surface area (Å²) in [5.74, 6) is 6.08. The van der Waals surface area contributed by atoms with Crippen molar-refractivity contribution < 1.29 is 18.7 Å². The van der Waals surface area contributed by atoms with E-state index in [0.29, 0.717) is 40.7 Å². The standard InChI is InChI=1S/C27H26FN7O3/c1-27(2,3)38-26(36)35-23-18(15-32-35)13-17(14-21(23)28)6-7-19-8-10-29-24(33-19)22-9-11-30-25(34-22)31-16-20-5-4-12-37-20/h8-11,13-15,20H,4-5,12,16H2,1-3H3,(H,30,31,34). The van der Waals surface area contributed by atoms with Crippen molar-refractivity contribution in [3.63, 3.8) is 0 Å². The SMILES string of the molecule is CC(C)(C)OC(=O)n1ncc2cc(C#Cc3ccnc(-c4ccnc(NCC5CCCO5)n4)n3)cc(F)c21. The van der Waals surface area contributed by atoms with Crippen LogP contribution in [0.15, 0.2) is 42.9 Å². The second-order valence-electron chi connectivity index (χ2n) is 9.73. The normalized spacial score (nSPS) is 15.2. The van der Waals surface area contributed by atoms with E-state index in [1.807, 2.05) is 0 Å². The van der Waals surface area contributed by atoms with E-state index in [1.165, 1.54) is 12.3 Å². The zero-order valence-electron chi connectivity index (χ0n) is 21.2. The Kier molecular flexibility index (Phi) is 6.98. The first-order valence-corrected chi connectivity index (χ1v) is 12.2. The molecule has 0 spiro atoms. The van der Waals surface area contributed by atoms with Crippen molar-refractivity contribution in [2.75, 3.05) is 18.5 Å². The maximum Gasteiger partial charge on any atom is 0.435 e. The fourth-order valence-electron chi connectivity index (χ4n) is 3.90. The van der Waals surface area contributed by atoms with Gasteiger partial charge in [-0.15, -0.1) is 0 Å². The van der Waals surface area contributed by atoms with Gasteiger partial charge in [0.1, 0.15) is 22.5 Å². The summed E-state index contributed by atoms with van der Waals surface area (Å²) in [4.78, 5) is 29.9. The van der Waals surface area contributed by atoms with Crippen LogP contribution >= 0.6 is 0 Å². The van der Waals surface area contributed by atoms with Crippen LogP contribution in [0.25, 0.3) is 22.4 Å². The third kappa shape index (κ3) is 5.92. The highest BCUT2D eigenvalue weighted by molar-refractivity contribution is 5.89. The molecule has 4 aromatic rings. The molecule has 4 heterocycles. The van der Waals surface area contributed by atoms with Crippen LogP contribution in [0.5, 0.6) is 0 Å². The Morgan fingerprint density at radius 1 is 1.21 bits per heavy atom. The average molecular weight is 516 g/mol. The van der Waals surface area contributed by atoms with E-state index >= 15 is 0 Å². The largest absolute Gasteiger partial charge is 0.442 e. The Bertz CT molecular complexity index is 1550. The number of hydrogen-bond donors (Lipinski definition) is 1. The number of hydrogen-bond acceptors (Lipinski definition) is 9. The Balaban J connectivity index is 1.34. The summed E-state index contributed by atoms with van der Waals surface area (Å²) < 4.78 is 26.8. The zero-order chi connectivity index (χ0) is 26.7. The lowest BCUT2D eigenvalue weighted by molar-refractivity contribution is 0.0521.